The van der Waals surface area contributed by atoms with Gasteiger partial charge in [0.2, 0.25) is 0 Å². The van der Waals surface area contributed by atoms with Gasteiger partial charge >= 0.3 is 6.03 Å². The van der Waals surface area contributed by atoms with Crippen molar-refractivity contribution in [3.8, 4) is 0 Å². The summed E-state index contributed by atoms with van der Waals surface area (Å²) in [6.07, 6.45) is 0. The van der Waals surface area contributed by atoms with Crippen molar-refractivity contribution >= 4 is 11.7 Å². The smallest absolute Gasteiger partial charge is 0.322 e. The van der Waals surface area contributed by atoms with Gasteiger partial charge in [0, 0.05) is 32.2 Å². The number of carbonyl (C=O) groups is 1. The van der Waals surface area contributed by atoms with E-state index in [0.29, 0.717) is 13.1 Å². The molecule has 1 aliphatic rings. The van der Waals surface area contributed by atoms with Gasteiger partial charge in [0.1, 0.15) is 11.6 Å². The third-order valence-corrected chi connectivity index (χ3v) is 2.58. The van der Waals surface area contributed by atoms with Crippen LogP contribution in [-0.4, -0.2) is 37.1 Å². The third kappa shape index (κ3) is 2.91. The van der Waals surface area contributed by atoms with Gasteiger partial charge < -0.3 is 15.5 Å². The van der Waals surface area contributed by atoms with Gasteiger partial charge in [0.15, 0.2) is 0 Å². The minimum Gasteiger partial charge on any atom is -0.322 e. The van der Waals surface area contributed by atoms with Crippen molar-refractivity contribution in [3.05, 3.63) is 29.8 Å². The molecular formula is C11H13F2N3O. The minimum atomic E-state index is -0.770. The van der Waals surface area contributed by atoms with Crippen molar-refractivity contribution < 1.29 is 13.6 Å². The number of halogens is 2. The van der Waals surface area contributed by atoms with Crippen LogP contribution in [-0.2, 0) is 0 Å². The lowest BCUT2D eigenvalue weighted by Crippen LogP contribution is -2.48. The zero-order valence-corrected chi connectivity index (χ0v) is 9.17. The average Bonchev–Trinajstić information content (AvgIpc) is 2.34. The third-order valence-electron chi connectivity index (χ3n) is 2.58. The number of amides is 2. The number of urea groups is 1. The molecule has 1 aliphatic heterocycles. The molecule has 1 aromatic carbocycles. The molecular weight excluding hydrogens is 228 g/mol. The molecule has 0 atom stereocenters. The molecule has 1 saturated heterocycles. The molecule has 2 rings (SSSR count). The molecule has 6 heteroatoms. The maximum atomic E-state index is 13.3. The van der Waals surface area contributed by atoms with Crippen molar-refractivity contribution in [2.24, 2.45) is 0 Å². The number of benzene rings is 1. The van der Waals surface area contributed by atoms with Gasteiger partial charge in [-0.3, -0.25) is 0 Å². The molecule has 17 heavy (non-hydrogen) atoms. The number of nitrogens with zero attached hydrogens (tertiary/aromatic N) is 1. The highest BCUT2D eigenvalue weighted by atomic mass is 19.1. The molecule has 0 aromatic heterocycles. The second kappa shape index (κ2) is 5.09. The van der Waals surface area contributed by atoms with Crippen molar-refractivity contribution in [2.75, 3.05) is 31.5 Å². The number of anilines is 1. The summed E-state index contributed by atoms with van der Waals surface area (Å²) in [5.41, 5.74) is -0.00469. The van der Waals surface area contributed by atoms with Crippen LogP contribution in [0, 0.1) is 11.6 Å². The molecule has 0 unspecified atom stereocenters. The molecule has 2 amide bonds. The largest absolute Gasteiger partial charge is 0.322 e. The van der Waals surface area contributed by atoms with E-state index in [1.807, 2.05) is 0 Å². The van der Waals surface area contributed by atoms with Crippen LogP contribution in [0.4, 0.5) is 19.3 Å². The van der Waals surface area contributed by atoms with Crippen LogP contribution in [0.5, 0.6) is 0 Å². The first-order valence-electron chi connectivity index (χ1n) is 5.38. The summed E-state index contributed by atoms with van der Waals surface area (Å²) in [5, 5.41) is 5.53. The van der Waals surface area contributed by atoms with E-state index in [9.17, 15) is 13.6 Å². The van der Waals surface area contributed by atoms with Crippen LogP contribution in [0.1, 0.15) is 0 Å². The molecule has 1 fully saturated rings. The molecule has 1 heterocycles. The summed E-state index contributed by atoms with van der Waals surface area (Å²) in [6.45, 7) is 2.60. The van der Waals surface area contributed by atoms with Crippen molar-refractivity contribution in [2.45, 2.75) is 0 Å². The van der Waals surface area contributed by atoms with Crippen LogP contribution in [0.3, 0.4) is 0 Å². The summed E-state index contributed by atoms with van der Waals surface area (Å²) in [7, 11) is 0. The van der Waals surface area contributed by atoms with E-state index in [2.05, 4.69) is 10.6 Å². The number of hydrogen-bond donors (Lipinski definition) is 2. The van der Waals surface area contributed by atoms with Crippen molar-refractivity contribution in [1.29, 1.82) is 0 Å². The van der Waals surface area contributed by atoms with Gasteiger partial charge in [-0.25, -0.2) is 13.6 Å². The Hall–Kier alpha value is -1.69. The van der Waals surface area contributed by atoms with Crippen LogP contribution < -0.4 is 10.6 Å². The van der Waals surface area contributed by atoms with E-state index in [1.54, 1.807) is 4.90 Å². The standard InChI is InChI=1S/C11H13F2N3O/c12-8-1-2-10(9(13)7-8)15-11(17)16-5-3-14-4-6-16/h1-2,7,14H,3-6H2,(H,15,17). The predicted octanol–water partition coefficient (Wildman–Crippen LogP) is 1.40. The maximum Gasteiger partial charge on any atom is 0.322 e. The molecule has 0 spiro atoms. The number of hydrogen-bond acceptors (Lipinski definition) is 2. The van der Waals surface area contributed by atoms with Gasteiger partial charge in [-0.1, -0.05) is 0 Å². The lowest BCUT2D eigenvalue weighted by molar-refractivity contribution is 0.203. The number of rotatable bonds is 1. The zero-order valence-electron chi connectivity index (χ0n) is 9.17. The quantitative estimate of drug-likeness (QED) is 0.780. The number of carbonyl (C=O) groups excluding carboxylic acids is 1. The second-order valence-corrected chi connectivity index (χ2v) is 3.79. The van der Waals surface area contributed by atoms with Gasteiger partial charge in [-0.05, 0) is 12.1 Å². The van der Waals surface area contributed by atoms with E-state index in [4.69, 9.17) is 0 Å². The highest BCUT2D eigenvalue weighted by Gasteiger charge is 2.17. The highest BCUT2D eigenvalue weighted by molar-refractivity contribution is 5.89. The first kappa shape index (κ1) is 11.8. The Kier molecular flexibility index (Phi) is 3.53. The lowest BCUT2D eigenvalue weighted by Gasteiger charge is -2.27. The van der Waals surface area contributed by atoms with Crippen molar-refractivity contribution in [1.82, 2.24) is 10.2 Å². The van der Waals surface area contributed by atoms with E-state index in [-0.39, 0.29) is 11.7 Å². The molecule has 0 saturated carbocycles. The van der Waals surface area contributed by atoms with Gasteiger partial charge in [0.25, 0.3) is 0 Å². The van der Waals surface area contributed by atoms with E-state index >= 15 is 0 Å². The van der Waals surface area contributed by atoms with Crippen LogP contribution in [0.2, 0.25) is 0 Å². The topological polar surface area (TPSA) is 44.4 Å². The molecule has 92 valence electrons. The molecule has 2 N–H and O–H groups in total. The summed E-state index contributed by atoms with van der Waals surface area (Å²) in [4.78, 5) is 13.3. The monoisotopic (exact) mass is 241 g/mol. The normalized spacial score (nSPS) is 15.8. The number of piperazine rings is 1. The Balaban J connectivity index is 2.02. The second-order valence-electron chi connectivity index (χ2n) is 3.79. The van der Waals surface area contributed by atoms with Crippen molar-refractivity contribution in [3.63, 3.8) is 0 Å². The summed E-state index contributed by atoms with van der Waals surface area (Å²) >= 11 is 0. The number of nitrogens with one attached hydrogen (secondary N) is 2. The molecule has 0 aliphatic carbocycles. The summed E-state index contributed by atoms with van der Waals surface area (Å²) in [5.74, 6) is -1.43. The fourth-order valence-electron chi connectivity index (χ4n) is 1.65. The van der Waals surface area contributed by atoms with E-state index in [1.165, 1.54) is 6.07 Å². The first-order valence-corrected chi connectivity index (χ1v) is 5.38. The predicted molar refractivity (Wildman–Crippen MR) is 59.8 cm³/mol. The maximum absolute atomic E-state index is 13.3. The van der Waals surface area contributed by atoms with Gasteiger partial charge in [-0.15, -0.1) is 0 Å². The molecule has 1 aromatic rings. The highest BCUT2D eigenvalue weighted by Crippen LogP contribution is 2.15. The Morgan fingerprint density at radius 2 is 2.00 bits per heavy atom. The molecule has 0 radical (unpaired) electrons. The van der Waals surface area contributed by atoms with Gasteiger partial charge in [0.05, 0.1) is 5.69 Å². The van der Waals surface area contributed by atoms with Gasteiger partial charge in [-0.2, -0.15) is 0 Å². The Bertz CT molecular complexity index is 419. The first-order chi connectivity index (χ1) is 8.16. The minimum absolute atomic E-state index is 0.00469. The Morgan fingerprint density at radius 3 is 2.65 bits per heavy atom. The summed E-state index contributed by atoms with van der Waals surface area (Å²) < 4.78 is 26.0. The van der Waals surface area contributed by atoms with Crippen LogP contribution in [0.25, 0.3) is 0 Å². The Labute approximate surface area is 97.6 Å². The van der Waals surface area contributed by atoms with E-state index in [0.717, 1.165) is 25.2 Å². The fraction of sp³-hybridized carbons (Fsp3) is 0.364. The average molecular weight is 241 g/mol. The molecule has 0 bridgehead atoms. The van der Waals surface area contributed by atoms with E-state index < -0.39 is 11.6 Å². The molecule has 4 nitrogen and oxygen atoms in total. The van der Waals surface area contributed by atoms with Crippen LogP contribution >= 0.6 is 0 Å². The lowest BCUT2D eigenvalue weighted by atomic mass is 10.3. The van der Waals surface area contributed by atoms with Crippen LogP contribution in [0.15, 0.2) is 18.2 Å². The summed E-state index contributed by atoms with van der Waals surface area (Å²) in [6, 6.07) is 2.70. The Morgan fingerprint density at radius 1 is 1.29 bits per heavy atom. The fourth-order valence-corrected chi connectivity index (χ4v) is 1.65. The SMILES string of the molecule is O=C(Nc1ccc(F)cc1F)N1CCNCC1. The zero-order chi connectivity index (χ0) is 12.3.